The van der Waals surface area contributed by atoms with Gasteiger partial charge in [0.15, 0.2) is 5.75 Å². The van der Waals surface area contributed by atoms with Crippen LogP contribution in [0.4, 0.5) is 13.2 Å². The molecule has 3 nitrogen and oxygen atoms in total. The van der Waals surface area contributed by atoms with Gasteiger partial charge in [-0.15, -0.1) is 24.8 Å². The number of hydrogen-bond acceptors (Lipinski definition) is 3. The van der Waals surface area contributed by atoms with Crippen LogP contribution in [0, 0.1) is 11.3 Å². The van der Waals surface area contributed by atoms with Gasteiger partial charge in [-0.1, -0.05) is 0 Å². The summed E-state index contributed by atoms with van der Waals surface area (Å²) >= 11 is 5.41. The molecule has 0 aliphatic carbocycles. The Hall–Kier alpha value is -1.48. The van der Waals surface area contributed by atoms with Crippen molar-refractivity contribution in [2.24, 2.45) is 0 Å². The van der Waals surface area contributed by atoms with Gasteiger partial charge in [0.2, 0.25) is 0 Å². The van der Waals surface area contributed by atoms with E-state index in [0.29, 0.717) is 5.69 Å². The molecule has 15 heavy (non-hydrogen) atoms. The normalized spacial score (nSPS) is 10.9. The molecule has 0 saturated carbocycles. The summed E-state index contributed by atoms with van der Waals surface area (Å²) in [6, 6.07) is 2.72. The van der Waals surface area contributed by atoms with Crippen molar-refractivity contribution in [2.45, 2.75) is 12.2 Å². The van der Waals surface area contributed by atoms with E-state index in [1.807, 2.05) is 0 Å². The molecule has 0 aromatic carbocycles. The highest BCUT2D eigenvalue weighted by molar-refractivity contribution is 6.16. The molecule has 1 aromatic heterocycles. The molecule has 1 rings (SSSR count). The number of rotatable bonds is 2. The molecule has 1 heterocycles. The van der Waals surface area contributed by atoms with Crippen LogP contribution in [0.3, 0.4) is 0 Å². The number of ether oxygens (including phenoxy) is 1. The monoisotopic (exact) mass is 236 g/mol. The second-order valence-electron chi connectivity index (χ2n) is 2.47. The third-order valence-electron chi connectivity index (χ3n) is 1.41. The molecule has 0 atom stereocenters. The van der Waals surface area contributed by atoms with Gasteiger partial charge in [-0.05, 0) is 6.07 Å². The van der Waals surface area contributed by atoms with E-state index in [4.69, 9.17) is 16.9 Å². The Bertz CT molecular complexity index is 400. The summed E-state index contributed by atoms with van der Waals surface area (Å²) in [5.74, 6) is -0.611. The van der Waals surface area contributed by atoms with Crippen molar-refractivity contribution in [2.75, 3.05) is 0 Å². The van der Waals surface area contributed by atoms with E-state index < -0.39 is 12.1 Å². The second-order valence-corrected chi connectivity index (χ2v) is 2.73. The highest BCUT2D eigenvalue weighted by atomic mass is 35.5. The Labute approximate surface area is 88.1 Å². The average molecular weight is 237 g/mol. The highest BCUT2D eigenvalue weighted by Gasteiger charge is 2.32. The summed E-state index contributed by atoms with van der Waals surface area (Å²) in [5.41, 5.74) is 0.0562. The number of nitriles is 1. The molecule has 7 heteroatoms. The largest absolute Gasteiger partial charge is 0.573 e. The van der Waals surface area contributed by atoms with Crippen molar-refractivity contribution >= 4 is 11.6 Å². The first-order valence-corrected chi connectivity index (χ1v) is 4.20. The topological polar surface area (TPSA) is 45.9 Å². The van der Waals surface area contributed by atoms with Crippen LogP contribution < -0.4 is 4.74 Å². The first-order chi connectivity index (χ1) is 6.96. The third-order valence-corrected chi connectivity index (χ3v) is 1.68. The summed E-state index contributed by atoms with van der Waals surface area (Å²) in [6.07, 6.45) is -4.01. The van der Waals surface area contributed by atoms with E-state index >= 15 is 0 Å². The molecule has 0 fully saturated rings. The lowest BCUT2D eigenvalue weighted by Crippen LogP contribution is -2.18. The van der Waals surface area contributed by atoms with Crippen LogP contribution in [0.2, 0.25) is 0 Å². The molecule has 0 aliphatic rings. The minimum absolute atomic E-state index is 0.0149. The van der Waals surface area contributed by atoms with Gasteiger partial charge in [0.05, 0.1) is 23.3 Å². The van der Waals surface area contributed by atoms with Crippen molar-refractivity contribution in [3.8, 4) is 11.8 Å². The average Bonchev–Trinajstić information content (AvgIpc) is 2.16. The van der Waals surface area contributed by atoms with Crippen LogP contribution in [-0.4, -0.2) is 11.3 Å². The van der Waals surface area contributed by atoms with Gasteiger partial charge < -0.3 is 4.74 Å². The standard InChI is InChI=1S/C8H4ClF3N2O/c9-2-6-1-5(3-13)7(4-14-6)15-8(10,11)12/h1,4H,2H2. The van der Waals surface area contributed by atoms with Gasteiger partial charge in [-0.25, -0.2) is 0 Å². The summed E-state index contributed by atoms with van der Waals surface area (Å²) in [4.78, 5) is 3.58. The SMILES string of the molecule is N#Cc1cc(CCl)ncc1OC(F)(F)F. The highest BCUT2D eigenvalue weighted by Crippen LogP contribution is 2.25. The van der Waals surface area contributed by atoms with Crippen molar-refractivity contribution in [3.63, 3.8) is 0 Å². The molecular weight excluding hydrogens is 233 g/mol. The molecule has 0 spiro atoms. The van der Waals surface area contributed by atoms with E-state index in [9.17, 15) is 13.2 Å². The van der Waals surface area contributed by atoms with Crippen molar-refractivity contribution in [1.29, 1.82) is 5.26 Å². The van der Waals surface area contributed by atoms with Gasteiger partial charge in [-0.3, -0.25) is 4.98 Å². The molecule has 0 saturated heterocycles. The molecule has 1 aromatic rings. The molecule has 0 aliphatic heterocycles. The molecule has 80 valence electrons. The molecular formula is C8H4ClF3N2O. The van der Waals surface area contributed by atoms with E-state index in [1.54, 1.807) is 6.07 Å². The van der Waals surface area contributed by atoms with Crippen molar-refractivity contribution in [1.82, 2.24) is 4.98 Å². The van der Waals surface area contributed by atoms with Gasteiger partial charge in [0, 0.05) is 0 Å². The quantitative estimate of drug-likeness (QED) is 0.742. The van der Waals surface area contributed by atoms with Gasteiger partial charge in [0.25, 0.3) is 0 Å². The zero-order valence-corrected chi connectivity index (χ0v) is 7.93. The summed E-state index contributed by atoms with van der Waals surface area (Å²) in [5, 5.41) is 8.57. The minimum atomic E-state index is -4.84. The maximum atomic E-state index is 11.9. The van der Waals surface area contributed by atoms with Crippen LogP contribution in [0.15, 0.2) is 12.3 Å². The summed E-state index contributed by atoms with van der Waals surface area (Å²) < 4.78 is 39.2. The number of nitrogens with zero attached hydrogens (tertiary/aromatic N) is 2. The van der Waals surface area contributed by atoms with Gasteiger partial charge in [-0.2, -0.15) is 5.26 Å². The molecule has 0 amide bonds. The molecule has 0 N–H and O–H groups in total. The fourth-order valence-electron chi connectivity index (χ4n) is 0.853. The van der Waals surface area contributed by atoms with E-state index in [1.165, 1.54) is 0 Å². The Kier molecular flexibility index (Phi) is 3.37. The van der Waals surface area contributed by atoms with E-state index in [2.05, 4.69) is 9.72 Å². The number of hydrogen-bond donors (Lipinski definition) is 0. The van der Waals surface area contributed by atoms with Gasteiger partial charge >= 0.3 is 6.36 Å². The third kappa shape index (κ3) is 3.29. The second kappa shape index (κ2) is 4.36. The zero-order valence-electron chi connectivity index (χ0n) is 7.18. The van der Waals surface area contributed by atoms with Crippen LogP contribution in [-0.2, 0) is 5.88 Å². The fourth-order valence-corrected chi connectivity index (χ4v) is 0.999. The van der Waals surface area contributed by atoms with E-state index in [0.717, 1.165) is 12.3 Å². The maximum absolute atomic E-state index is 11.9. The predicted octanol–water partition coefficient (Wildman–Crippen LogP) is 2.59. The smallest absolute Gasteiger partial charge is 0.403 e. The Morgan fingerprint density at radius 3 is 2.67 bits per heavy atom. The summed E-state index contributed by atoms with van der Waals surface area (Å²) in [6.45, 7) is 0. The lowest BCUT2D eigenvalue weighted by Gasteiger charge is -2.09. The van der Waals surface area contributed by atoms with Crippen LogP contribution >= 0.6 is 11.6 Å². The zero-order chi connectivity index (χ0) is 11.5. The molecule has 0 bridgehead atoms. The van der Waals surface area contributed by atoms with Crippen LogP contribution in [0.5, 0.6) is 5.75 Å². The lowest BCUT2D eigenvalue weighted by molar-refractivity contribution is -0.274. The lowest BCUT2D eigenvalue weighted by atomic mass is 10.2. The van der Waals surface area contributed by atoms with Gasteiger partial charge in [0.1, 0.15) is 6.07 Å². The Morgan fingerprint density at radius 1 is 1.53 bits per heavy atom. The first-order valence-electron chi connectivity index (χ1n) is 3.67. The van der Waals surface area contributed by atoms with Crippen LogP contribution in [0.25, 0.3) is 0 Å². The Morgan fingerprint density at radius 2 is 2.20 bits per heavy atom. The Balaban J connectivity index is 3.04. The van der Waals surface area contributed by atoms with E-state index in [-0.39, 0.29) is 11.4 Å². The minimum Gasteiger partial charge on any atom is -0.403 e. The number of pyridine rings is 1. The summed E-state index contributed by atoms with van der Waals surface area (Å²) in [7, 11) is 0. The molecule has 0 radical (unpaired) electrons. The maximum Gasteiger partial charge on any atom is 0.573 e. The van der Waals surface area contributed by atoms with Crippen LogP contribution in [0.1, 0.15) is 11.3 Å². The fraction of sp³-hybridized carbons (Fsp3) is 0.250. The number of halogens is 4. The van der Waals surface area contributed by atoms with Crippen molar-refractivity contribution in [3.05, 3.63) is 23.5 Å². The number of alkyl halides is 4. The predicted molar refractivity (Wildman–Crippen MR) is 45.2 cm³/mol. The van der Waals surface area contributed by atoms with Crippen molar-refractivity contribution < 1.29 is 17.9 Å². The number of aromatic nitrogens is 1. The first kappa shape index (κ1) is 11.6. The molecule has 0 unspecified atom stereocenters.